The van der Waals surface area contributed by atoms with Crippen LogP contribution in [0.3, 0.4) is 0 Å². The number of unbranched alkanes of at least 4 members (excludes halogenated alkanes) is 1. The monoisotopic (exact) mass is 415 g/mol. The molecular weight excluding hydrogens is 382 g/mol. The summed E-state index contributed by atoms with van der Waals surface area (Å²) < 4.78 is 12.1. The van der Waals surface area contributed by atoms with Crippen LogP contribution in [0.1, 0.15) is 74.6 Å². The Bertz CT molecular complexity index is 825. The Labute approximate surface area is 177 Å². The molecule has 5 rings (SSSR count). The van der Waals surface area contributed by atoms with Gasteiger partial charge in [0.15, 0.2) is 0 Å². The molecule has 6 heteroatoms. The Morgan fingerprint density at radius 3 is 2.76 bits per heavy atom. The third kappa shape index (κ3) is 4.04. The summed E-state index contributed by atoms with van der Waals surface area (Å²) in [6.07, 6.45) is 13.0. The molecule has 1 saturated heterocycles. The highest BCUT2D eigenvalue weighted by atomic mass is 32.1. The molecule has 2 aromatic rings. The van der Waals surface area contributed by atoms with Crippen molar-refractivity contribution in [2.24, 2.45) is 0 Å². The maximum atomic E-state index is 6.55. The van der Waals surface area contributed by atoms with Crippen LogP contribution < -0.4 is 4.74 Å². The topological polar surface area (TPSA) is 47.5 Å². The first-order valence-electron chi connectivity index (χ1n) is 11.6. The molecule has 1 aliphatic heterocycles. The van der Waals surface area contributed by atoms with Gasteiger partial charge in [-0.25, -0.2) is 9.97 Å². The van der Waals surface area contributed by atoms with Crippen LogP contribution in [0.2, 0.25) is 0 Å². The van der Waals surface area contributed by atoms with Crippen LogP contribution in [0.4, 0.5) is 0 Å². The third-order valence-corrected chi connectivity index (χ3v) is 8.26. The fourth-order valence-corrected chi connectivity index (χ4v) is 6.73. The van der Waals surface area contributed by atoms with E-state index in [0.717, 1.165) is 49.9 Å². The number of hydrogen-bond donors (Lipinski definition) is 0. The van der Waals surface area contributed by atoms with Crippen LogP contribution in [-0.4, -0.2) is 53.3 Å². The van der Waals surface area contributed by atoms with Crippen molar-refractivity contribution in [1.82, 2.24) is 14.9 Å². The molecule has 0 bridgehead atoms. The largest absolute Gasteiger partial charge is 0.474 e. The Kier molecular flexibility index (Phi) is 6.02. The van der Waals surface area contributed by atoms with Gasteiger partial charge in [0.1, 0.15) is 17.3 Å². The highest BCUT2D eigenvalue weighted by Crippen LogP contribution is 2.47. The summed E-state index contributed by atoms with van der Waals surface area (Å²) in [6, 6.07) is 0.702. The fourth-order valence-electron chi connectivity index (χ4n) is 5.50. The third-order valence-electron chi connectivity index (χ3n) is 7.09. The molecule has 3 heterocycles. The van der Waals surface area contributed by atoms with E-state index in [1.165, 1.54) is 60.8 Å². The molecule has 0 amide bonds. The molecule has 0 spiro atoms. The molecule has 0 radical (unpaired) electrons. The van der Waals surface area contributed by atoms with Crippen molar-refractivity contribution in [3.63, 3.8) is 0 Å². The maximum absolute atomic E-state index is 6.55. The van der Waals surface area contributed by atoms with Gasteiger partial charge in [0, 0.05) is 24.0 Å². The Morgan fingerprint density at radius 2 is 1.97 bits per heavy atom. The predicted molar refractivity (Wildman–Crippen MR) is 117 cm³/mol. The first-order valence-corrected chi connectivity index (χ1v) is 12.4. The van der Waals surface area contributed by atoms with Gasteiger partial charge in [0.2, 0.25) is 5.88 Å². The normalized spacial score (nSPS) is 28.0. The number of rotatable bonds is 6. The molecule has 2 aliphatic carbocycles. The van der Waals surface area contributed by atoms with Gasteiger partial charge in [-0.2, -0.15) is 0 Å². The van der Waals surface area contributed by atoms with E-state index in [-0.39, 0.29) is 6.10 Å². The summed E-state index contributed by atoms with van der Waals surface area (Å²) >= 11 is 1.87. The van der Waals surface area contributed by atoms with Crippen LogP contribution in [0.5, 0.6) is 5.88 Å². The summed E-state index contributed by atoms with van der Waals surface area (Å²) in [5.74, 6) is 1.52. The Balaban J connectivity index is 1.30. The molecule has 1 saturated carbocycles. The van der Waals surface area contributed by atoms with E-state index < -0.39 is 0 Å². The standard InChI is InChI=1S/C23H33N3O2S/c1-2-3-4-16-5-10-19-20(16)21-22(24-15-25-23(21)29-19)28-18-8-6-17(7-9-18)26-11-13-27-14-12-26/h15-18H,2-14H2,1H3. The Morgan fingerprint density at radius 1 is 1.14 bits per heavy atom. The van der Waals surface area contributed by atoms with Crippen molar-refractivity contribution >= 4 is 21.6 Å². The number of hydrogen-bond acceptors (Lipinski definition) is 6. The van der Waals surface area contributed by atoms with Gasteiger partial charge < -0.3 is 9.47 Å². The molecule has 2 aromatic heterocycles. The van der Waals surface area contributed by atoms with Gasteiger partial charge in [-0.15, -0.1) is 11.3 Å². The predicted octanol–water partition coefficient (Wildman–Crippen LogP) is 4.93. The van der Waals surface area contributed by atoms with Crippen LogP contribution in [0.25, 0.3) is 10.2 Å². The van der Waals surface area contributed by atoms with Crippen LogP contribution in [-0.2, 0) is 11.2 Å². The lowest BCUT2D eigenvalue weighted by atomic mass is 9.91. The van der Waals surface area contributed by atoms with Gasteiger partial charge in [-0.3, -0.25) is 4.90 Å². The van der Waals surface area contributed by atoms with E-state index in [4.69, 9.17) is 9.47 Å². The number of thiophene rings is 1. The summed E-state index contributed by atoms with van der Waals surface area (Å²) in [5.41, 5.74) is 1.52. The van der Waals surface area contributed by atoms with E-state index in [1.54, 1.807) is 6.33 Å². The zero-order valence-electron chi connectivity index (χ0n) is 17.6. The fraction of sp³-hybridized carbons (Fsp3) is 0.739. The molecule has 0 N–H and O–H groups in total. The van der Waals surface area contributed by atoms with Crippen molar-refractivity contribution in [1.29, 1.82) is 0 Å². The number of fused-ring (bicyclic) bond motifs is 3. The van der Waals surface area contributed by atoms with Crippen LogP contribution in [0, 0.1) is 0 Å². The SMILES string of the molecule is CCCCC1CCc2sc3ncnc(OC4CCC(N5CCOCC5)CC4)c3c21. The number of aromatic nitrogens is 2. The highest BCUT2D eigenvalue weighted by Gasteiger charge is 2.32. The average molecular weight is 416 g/mol. The van der Waals surface area contributed by atoms with Crippen molar-refractivity contribution < 1.29 is 9.47 Å². The molecule has 29 heavy (non-hydrogen) atoms. The molecule has 5 nitrogen and oxygen atoms in total. The first-order chi connectivity index (χ1) is 14.3. The Hall–Kier alpha value is -1.24. The number of ether oxygens (including phenoxy) is 2. The summed E-state index contributed by atoms with van der Waals surface area (Å²) in [7, 11) is 0. The summed E-state index contributed by atoms with van der Waals surface area (Å²) in [5, 5.41) is 1.24. The van der Waals surface area contributed by atoms with E-state index in [0.29, 0.717) is 12.0 Å². The maximum Gasteiger partial charge on any atom is 0.225 e. The molecule has 158 valence electrons. The minimum Gasteiger partial charge on any atom is -0.474 e. The first kappa shape index (κ1) is 19.7. The van der Waals surface area contributed by atoms with Gasteiger partial charge in [0.05, 0.1) is 18.6 Å². The molecule has 2 fully saturated rings. The van der Waals surface area contributed by atoms with Crippen molar-refractivity contribution in [2.75, 3.05) is 26.3 Å². The minimum absolute atomic E-state index is 0.288. The van der Waals surface area contributed by atoms with Crippen molar-refractivity contribution in [3.8, 4) is 5.88 Å². The second-order valence-electron chi connectivity index (χ2n) is 8.87. The van der Waals surface area contributed by atoms with E-state index >= 15 is 0 Å². The number of aryl methyl sites for hydroxylation is 1. The average Bonchev–Trinajstić information content (AvgIpc) is 3.33. The minimum atomic E-state index is 0.288. The highest BCUT2D eigenvalue weighted by molar-refractivity contribution is 7.19. The zero-order chi connectivity index (χ0) is 19.6. The molecule has 1 atom stereocenters. The zero-order valence-corrected chi connectivity index (χ0v) is 18.4. The molecule has 0 aromatic carbocycles. The lowest BCUT2D eigenvalue weighted by Gasteiger charge is -2.38. The smallest absolute Gasteiger partial charge is 0.225 e. The second kappa shape index (κ2) is 8.86. The van der Waals surface area contributed by atoms with E-state index in [9.17, 15) is 0 Å². The van der Waals surface area contributed by atoms with Crippen LogP contribution in [0.15, 0.2) is 6.33 Å². The van der Waals surface area contributed by atoms with Crippen LogP contribution >= 0.6 is 11.3 Å². The van der Waals surface area contributed by atoms with Gasteiger partial charge in [-0.1, -0.05) is 19.8 Å². The van der Waals surface area contributed by atoms with E-state index in [1.807, 2.05) is 11.3 Å². The van der Waals surface area contributed by atoms with Gasteiger partial charge in [0.25, 0.3) is 0 Å². The number of nitrogens with zero attached hydrogens (tertiary/aromatic N) is 3. The lowest BCUT2D eigenvalue weighted by Crippen LogP contribution is -2.46. The summed E-state index contributed by atoms with van der Waals surface area (Å²) in [6.45, 7) is 6.23. The summed E-state index contributed by atoms with van der Waals surface area (Å²) in [4.78, 5) is 14.5. The van der Waals surface area contributed by atoms with Crippen molar-refractivity contribution in [2.45, 2.75) is 82.8 Å². The van der Waals surface area contributed by atoms with Gasteiger partial charge in [-0.05, 0) is 56.4 Å². The quantitative estimate of drug-likeness (QED) is 0.669. The second-order valence-corrected chi connectivity index (χ2v) is 9.96. The van der Waals surface area contributed by atoms with Crippen molar-refractivity contribution in [3.05, 3.63) is 16.8 Å². The molecular formula is C23H33N3O2S. The van der Waals surface area contributed by atoms with E-state index in [2.05, 4.69) is 21.8 Å². The number of morpholine rings is 1. The molecule has 1 unspecified atom stereocenters. The van der Waals surface area contributed by atoms with Gasteiger partial charge >= 0.3 is 0 Å². The molecule has 3 aliphatic rings. The lowest BCUT2D eigenvalue weighted by molar-refractivity contribution is -0.00126.